The van der Waals surface area contributed by atoms with Crippen molar-refractivity contribution in [3.8, 4) is 5.75 Å². The molecule has 128 valence electrons. The van der Waals surface area contributed by atoms with Gasteiger partial charge in [0.2, 0.25) is 0 Å². The van der Waals surface area contributed by atoms with Crippen LogP contribution in [0.25, 0.3) is 0 Å². The molecular weight excluding hydrogens is 322 g/mol. The highest BCUT2D eigenvalue weighted by Gasteiger charge is 2.22. The Hall–Kier alpha value is -2.07. The Morgan fingerprint density at radius 2 is 1.67 bits per heavy atom. The van der Waals surface area contributed by atoms with E-state index < -0.39 is 0 Å². The molecule has 0 fully saturated rings. The SMILES string of the molecule is CC(C)c1cc(N=Nc2cc(Cl)ccc2N)c(O)c(C(C)(C)C)c1. The van der Waals surface area contributed by atoms with E-state index in [-0.39, 0.29) is 11.2 Å². The van der Waals surface area contributed by atoms with E-state index in [0.717, 1.165) is 11.1 Å². The predicted molar refractivity (Wildman–Crippen MR) is 101 cm³/mol. The molecule has 0 spiro atoms. The molecule has 0 aliphatic heterocycles. The molecule has 0 radical (unpaired) electrons. The number of phenols is 1. The van der Waals surface area contributed by atoms with E-state index in [1.165, 1.54) is 0 Å². The number of anilines is 1. The molecule has 0 aromatic heterocycles. The number of nitrogens with two attached hydrogens (primary N) is 1. The van der Waals surface area contributed by atoms with Crippen LogP contribution in [0.2, 0.25) is 5.02 Å². The van der Waals surface area contributed by atoms with E-state index in [0.29, 0.717) is 28.0 Å². The third-order valence-corrected chi connectivity index (χ3v) is 4.08. The van der Waals surface area contributed by atoms with E-state index in [4.69, 9.17) is 17.3 Å². The molecule has 2 rings (SSSR count). The molecule has 24 heavy (non-hydrogen) atoms. The van der Waals surface area contributed by atoms with Crippen LogP contribution in [-0.2, 0) is 5.41 Å². The third-order valence-electron chi connectivity index (χ3n) is 3.84. The lowest BCUT2D eigenvalue weighted by Gasteiger charge is -2.23. The smallest absolute Gasteiger partial charge is 0.146 e. The van der Waals surface area contributed by atoms with Gasteiger partial charge in [-0.3, -0.25) is 0 Å². The number of nitrogen functional groups attached to an aromatic ring is 1. The molecule has 0 amide bonds. The molecule has 3 N–H and O–H groups in total. The summed E-state index contributed by atoms with van der Waals surface area (Å²) in [6, 6.07) is 8.92. The monoisotopic (exact) mass is 345 g/mol. The van der Waals surface area contributed by atoms with Gasteiger partial charge < -0.3 is 10.8 Å². The molecule has 0 bridgehead atoms. The summed E-state index contributed by atoms with van der Waals surface area (Å²) in [5.74, 6) is 0.466. The molecule has 2 aromatic rings. The standard InChI is InChI=1S/C19H24ClN3O/c1-11(2)12-8-14(19(3,4)5)18(24)17(9-12)23-22-16-10-13(20)6-7-15(16)21/h6-11,24H,21H2,1-5H3. The molecular formula is C19H24ClN3O. The molecule has 0 unspecified atom stereocenters. The van der Waals surface area contributed by atoms with E-state index in [1.807, 2.05) is 12.1 Å². The quantitative estimate of drug-likeness (QED) is 0.494. The summed E-state index contributed by atoms with van der Waals surface area (Å²) < 4.78 is 0. The zero-order valence-corrected chi connectivity index (χ0v) is 15.5. The van der Waals surface area contributed by atoms with Crippen molar-refractivity contribution >= 4 is 28.7 Å². The average Bonchev–Trinajstić information content (AvgIpc) is 2.47. The highest BCUT2D eigenvalue weighted by molar-refractivity contribution is 6.31. The fraction of sp³-hybridized carbons (Fsp3) is 0.368. The minimum absolute atomic E-state index is 0.149. The minimum atomic E-state index is -0.200. The fourth-order valence-corrected chi connectivity index (χ4v) is 2.50. The first-order chi connectivity index (χ1) is 11.1. The van der Waals surface area contributed by atoms with Crippen LogP contribution < -0.4 is 5.73 Å². The first-order valence-electron chi connectivity index (χ1n) is 7.93. The van der Waals surface area contributed by atoms with Gasteiger partial charge in [-0.15, -0.1) is 10.2 Å². The van der Waals surface area contributed by atoms with Crippen LogP contribution >= 0.6 is 11.6 Å². The molecule has 0 heterocycles. The van der Waals surface area contributed by atoms with Crippen molar-refractivity contribution in [3.63, 3.8) is 0 Å². The topological polar surface area (TPSA) is 71.0 Å². The molecule has 0 aliphatic rings. The number of azo groups is 1. The molecule has 5 heteroatoms. The average molecular weight is 346 g/mol. The minimum Gasteiger partial charge on any atom is -0.505 e. The van der Waals surface area contributed by atoms with Crippen molar-refractivity contribution in [2.24, 2.45) is 10.2 Å². The Morgan fingerprint density at radius 3 is 2.25 bits per heavy atom. The zero-order chi connectivity index (χ0) is 18.1. The summed E-state index contributed by atoms with van der Waals surface area (Å²) >= 11 is 5.98. The molecule has 0 aliphatic carbocycles. The summed E-state index contributed by atoms with van der Waals surface area (Å²) in [7, 11) is 0. The van der Waals surface area contributed by atoms with E-state index in [1.54, 1.807) is 18.2 Å². The first kappa shape index (κ1) is 18.3. The number of phenolic OH excluding ortho intramolecular Hbond substituents is 1. The predicted octanol–water partition coefficient (Wildman–Crippen LogP) is 6.46. The van der Waals surface area contributed by atoms with Gasteiger partial charge in [-0.1, -0.05) is 52.3 Å². The van der Waals surface area contributed by atoms with Gasteiger partial charge in [-0.25, -0.2) is 0 Å². The van der Waals surface area contributed by atoms with Gasteiger partial charge in [0.1, 0.15) is 17.1 Å². The summed E-state index contributed by atoms with van der Waals surface area (Å²) in [5.41, 5.74) is 9.05. The van der Waals surface area contributed by atoms with Gasteiger partial charge in [0.05, 0.1) is 5.69 Å². The lowest BCUT2D eigenvalue weighted by atomic mass is 9.83. The van der Waals surface area contributed by atoms with Gasteiger partial charge >= 0.3 is 0 Å². The van der Waals surface area contributed by atoms with Crippen LogP contribution in [0, 0.1) is 0 Å². The first-order valence-corrected chi connectivity index (χ1v) is 8.31. The van der Waals surface area contributed by atoms with Crippen LogP contribution in [0.3, 0.4) is 0 Å². The maximum atomic E-state index is 10.6. The Kier molecular flexibility index (Phi) is 5.19. The van der Waals surface area contributed by atoms with Gasteiger partial charge in [-0.05, 0) is 41.2 Å². The molecule has 0 saturated heterocycles. The van der Waals surface area contributed by atoms with E-state index >= 15 is 0 Å². The van der Waals surface area contributed by atoms with E-state index in [2.05, 4.69) is 44.8 Å². The van der Waals surface area contributed by atoms with Crippen molar-refractivity contribution in [1.29, 1.82) is 0 Å². The Bertz CT molecular complexity index is 777. The Balaban J connectivity index is 2.55. The van der Waals surface area contributed by atoms with Crippen LogP contribution in [0.4, 0.5) is 17.1 Å². The number of benzene rings is 2. The Morgan fingerprint density at radius 1 is 1.04 bits per heavy atom. The lowest BCUT2D eigenvalue weighted by Crippen LogP contribution is -2.12. The van der Waals surface area contributed by atoms with Crippen LogP contribution in [0.5, 0.6) is 5.75 Å². The number of halogens is 1. The van der Waals surface area contributed by atoms with Crippen molar-refractivity contribution < 1.29 is 5.11 Å². The maximum Gasteiger partial charge on any atom is 0.146 e. The summed E-state index contributed by atoms with van der Waals surface area (Å²) in [6.07, 6.45) is 0. The number of nitrogens with zero attached hydrogens (tertiary/aromatic N) is 2. The van der Waals surface area contributed by atoms with E-state index in [9.17, 15) is 5.11 Å². The fourth-order valence-electron chi connectivity index (χ4n) is 2.33. The van der Waals surface area contributed by atoms with Crippen LogP contribution in [0.1, 0.15) is 51.7 Å². The molecule has 2 aromatic carbocycles. The molecule has 0 saturated carbocycles. The highest BCUT2D eigenvalue weighted by Crippen LogP contribution is 2.41. The number of rotatable bonds is 3. The normalized spacial score (nSPS) is 12.3. The highest BCUT2D eigenvalue weighted by atomic mass is 35.5. The maximum absolute atomic E-state index is 10.6. The Labute approximate surface area is 148 Å². The molecule has 4 nitrogen and oxygen atoms in total. The molecule has 0 atom stereocenters. The summed E-state index contributed by atoms with van der Waals surface area (Å²) in [6.45, 7) is 10.4. The largest absolute Gasteiger partial charge is 0.505 e. The van der Waals surface area contributed by atoms with Gasteiger partial charge in [0, 0.05) is 10.6 Å². The van der Waals surface area contributed by atoms with Crippen molar-refractivity contribution in [2.75, 3.05) is 5.73 Å². The van der Waals surface area contributed by atoms with Gasteiger partial charge in [0.15, 0.2) is 0 Å². The van der Waals surface area contributed by atoms with Crippen LogP contribution in [0.15, 0.2) is 40.6 Å². The second kappa shape index (κ2) is 6.81. The van der Waals surface area contributed by atoms with Crippen molar-refractivity contribution in [2.45, 2.75) is 46.0 Å². The second-order valence-corrected chi connectivity index (χ2v) is 7.68. The number of hydrogen-bond acceptors (Lipinski definition) is 4. The third kappa shape index (κ3) is 4.06. The van der Waals surface area contributed by atoms with Crippen molar-refractivity contribution in [3.05, 3.63) is 46.5 Å². The zero-order valence-electron chi connectivity index (χ0n) is 14.8. The van der Waals surface area contributed by atoms with Crippen molar-refractivity contribution in [1.82, 2.24) is 0 Å². The van der Waals surface area contributed by atoms with Gasteiger partial charge in [0.25, 0.3) is 0 Å². The lowest BCUT2D eigenvalue weighted by molar-refractivity contribution is 0.447. The summed E-state index contributed by atoms with van der Waals surface area (Å²) in [5, 5.41) is 19.6. The summed E-state index contributed by atoms with van der Waals surface area (Å²) in [4.78, 5) is 0. The van der Waals surface area contributed by atoms with Gasteiger partial charge in [-0.2, -0.15) is 0 Å². The number of aromatic hydroxyl groups is 1. The van der Waals surface area contributed by atoms with Crippen LogP contribution in [-0.4, -0.2) is 5.11 Å². The number of hydrogen-bond donors (Lipinski definition) is 2. The second-order valence-electron chi connectivity index (χ2n) is 7.24.